The first-order valence-corrected chi connectivity index (χ1v) is 6.00. The number of ether oxygens (including phenoxy) is 2. The summed E-state index contributed by atoms with van der Waals surface area (Å²) < 4.78 is 11.2. The first-order valence-electron chi connectivity index (χ1n) is 6.00. The van der Waals surface area contributed by atoms with Gasteiger partial charge in [-0.25, -0.2) is 0 Å². The van der Waals surface area contributed by atoms with Gasteiger partial charge in [0.05, 0.1) is 11.2 Å². The van der Waals surface area contributed by atoms with Crippen LogP contribution in [0.1, 0.15) is 67.2 Å². The molecule has 0 aromatic heterocycles. The molecule has 0 spiro atoms. The van der Waals surface area contributed by atoms with Crippen molar-refractivity contribution in [3.63, 3.8) is 0 Å². The van der Waals surface area contributed by atoms with Gasteiger partial charge in [0.25, 0.3) is 0 Å². The fourth-order valence-corrected chi connectivity index (χ4v) is 1.61. The maximum absolute atomic E-state index is 5.60. The first-order chi connectivity index (χ1) is 6.83. The van der Waals surface area contributed by atoms with Crippen molar-refractivity contribution in [2.45, 2.75) is 78.4 Å². The summed E-state index contributed by atoms with van der Waals surface area (Å²) in [5.74, 6) is 0. The summed E-state index contributed by atoms with van der Waals surface area (Å²) in [6, 6.07) is 0. The van der Waals surface area contributed by atoms with Crippen molar-refractivity contribution in [1.29, 1.82) is 0 Å². The molecular formula is C13H27O2. The Kier molecular flexibility index (Phi) is 6.46. The smallest absolute Gasteiger partial charge is 0.210 e. The van der Waals surface area contributed by atoms with Gasteiger partial charge in [-0.3, -0.25) is 0 Å². The molecule has 2 heteroatoms. The maximum atomic E-state index is 5.60. The van der Waals surface area contributed by atoms with Crippen molar-refractivity contribution < 1.29 is 9.47 Å². The van der Waals surface area contributed by atoms with Gasteiger partial charge in [0.15, 0.2) is 0 Å². The molecule has 0 N–H and O–H groups in total. The van der Waals surface area contributed by atoms with Crippen LogP contribution in [0.4, 0.5) is 0 Å². The lowest BCUT2D eigenvalue weighted by molar-refractivity contribution is -0.120. The second-order valence-electron chi connectivity index (χ2n) is 5.35. The molecule has 0 saturated heterocycles. The van der Waals surface area contributed by atoms with Crippen molar-refractivity contribution in [2.75, 3.05) is 0 Å². The Hall–Kier alpha value is -0.0800. The van der Waals surface area contributed by atoms with Crippen LogP contribution in [0.3, 0.4) is 0 Å². The average molecular weight is 215 g/mol. The predicted octanol–water partition coefficient (Wildman–Crippen LogP) is 4.30. The molecule has 0 aliphatic rings. The summed E-state index contributed by atoms with van der Waals surface area (Å²) in [5.41, 5.74) is -0.228. The Morgan fingerprint density at radius 2 is 1.13 bits per heavy atom. The van der Waals surface area contributed by atoms with Crippen LogP contribution in [0.15, 0.2) is 0 Å². The summed E-state index contributed by atoms with van der Waals surface area (Å²) in [7, 11) is 0. The van der Waals surface area contributed by atoms with Gasteiger partial charge in [-0.1, -0.05) is 26.7 Å². The van der Waals surface area contributed by atoms with Gasteiger partial charge in [-0.15, -0.1) is 0 Å². The average Bonchev–Trinajstić information content (AvgIpc) is 2.02. The zero-order valence-corrected chi connectivity index (χ0v) is 11.2. The molecule has 0 rings (SSSR count). The van der Waals surface area contributed by atoms with Crippen LogP contribution in [-0.2, 0) is 9.47 Å². The second kappa shape index (κ2) is 6.49. The summed E-state index contributed by atoms with van der Waals surface area (Å²) in [5, 5.41) is 0. The highest BCUT2D eigenvalue weighted by Gasteiger charge is 2.21. The summed E-state index contributed by atoms with van der Waals surface area (Å²) >= 11 is 0. The van der Waals surface area contributed by atoms with Crippen molar-refractivity contribution in [3.8, 4) is 0 Å². The third-order valence-corrected chi connectivity index (χ3v) is 2.44. The molecule has 0 heterocycles. The van der Waals surface area contributed by atoms with E-state index in [-0.39, 0.29) is 11.2 Å². The van der Waals surface area contributed by atoms with Gasteiger partial charge < -0.3 is 9.47 Å². The fraction of sp³-hybridized carbons (Fsp3) is 0.923. The van der Waals surface area contributed by atoms with Crippen molar-refractivity contribution in [1.82, 2.24) is 0 Å². The van der Waals surface area contributed by atoms with E-state index in [4.69, 9.17) is 9.47 Å². The van der Waals surface area contributed by atoms with Crippen molar-refractivity contribution in [3.05, 3.63) is 6.79 Å². The molecule has 0 aromatic rings. The van der Waals surface area contributed by atoms with Crippen LogP contribution in [0, 0.1) is 6.79 Å². The van der Waals surface area contributed by atoms with E-state index in [0.29, 0.717) is 0 Å². The molecule has 0 aromatic carbocycles. The minimum Gasteiger partial charge on any atom is -0.342 e. The van der Waals surface area contributed by atoms with Crippen LogP contribution in [0.5, 0.6) is 0 Å². The number of rotatable bonds is 8. The third-order valence-electron chi connectivity index (χ3n) is 2.44. The minimum absolute atomic E-state index is 0.114. The molecule has 0 fully saturated rings. The molecule has 1 radical (unpaired) electrons. The highest BCUT2D eigenvalue weighted by molar-refractivity contribution is 4.71. The molecule has 0 aliphatic carbocycles. The second-order valence-corrected chi connectivity index (χ2v) is 5.35. The largest absolute Gasteiger partial charge is 0.342 e. The van der Waals surface area contributed by atoms with Gasteiger partial charge in [0.1, 0.15) is 0 Å². The summed E-state index contributed by atoms with van der Waals surface area (Å²) in [6.45, 7) is 14.2. The molecule has 0 amide bonds. The summed E-state index contributed by atoms with van der Waals surface area (Å²) in [4.78, 5) is 0. The van der Waals surface area contributed by atoms with Crippen molar-refractivity contribution >= 4 is 0 Å². The van der Waals surface area contributed by atoms with Gasteiger partial charge in [-0.2, -0.15) is 0 Å². The van der Waals surface area contributed by atoms with E-state index in [0.717, 1.165) is 25.7 Å². The minimum atomic E-state index is -0.114. The molecule has 0 saturated carbocycles. The van der Waals surface area contributed by atoms with Crippen LogP contribution in [0.2, 0.25) is 0 Å². The Morgan fingerprint density at radius 1 is 0.800 bits per heavy atom. The molecule has 2 nitrogen and oxygen atoms in total. The van der Waals surface area contributed by atoms with E-state index < -0.39 is 0 Å². The Labute approximate surface area is 95.3 Å². The van der Waals surface area contributed by atoms with E-state index >= 15 is 0 Å². The Balaban J connectivity index is 3.77. The van der Waals surface area contributed by atoms with Gasteiger partial charge in [-0.05, 0) is 40.5 Å². The van der Waals surface area contributed by atoms with Crippen LogP contribution < -0.4 is 0 Å². The topological polar surface area (TPSA) is 18.5 Å². The van der Waals surface area contributed by atoms with Crippen LogP contribution in [0.25, 0.3) is 0 Å². The van der Waals surface area contributed by atoms with E-state index in [1.165, 1.54) is 6.79 Å². The van der Waals surface area contributed by atoms with Gasteiger partial charge >= 0.3 is 0 Å². The highest BCUT2D eigenvalue weighted by atomic mass is 16.7. The molecule has 15 heavy (non-hydrogen) atoms. The van der Waals surface area contributed by atoms with E-state index in [9.17, 15) is 0 Å². The molecule has 0 bridgehead atoms. The van der Waals surface area contributed by atoms with Gasteiger partial charge in [0, 0.05) is 0 Å². The highest BCUT2D eigenvalue weighted by Crippen LogP contribution is 2.22. The normalized spacial score (nSPS) is 13.2. The Morgan fingerprint density at radius 3 is 1.40 bits per heavy atom. The molecule has 0 aliphatic heterocycles. The monoisotopic (exact) mass is 215 g/mol. The number of hydrogen-bond acceptors (Lipinski definition) is 2. The lowest BCUT2D eigenvalue weighted by Crippen LogP contribution is -2.28. The van der Waals surface area contributed by atoms with Crippen LogP contribution >= 0.6 is 0 Å². The van der Waals surface area contributed by atoms with Crippen molar-refractivity contribution in [2.24, 2.45) is 0 Å². The van der Waals surface area contributed by atoms with E-state index in [2.05, 4.69) is 41.5 Å². The van der Waals surface area contributed by atoms with E-state index in [1.54, 1.807) is 0 Å². The fourth-order valence-electron chi connectivity index (χ4n) is 1.61. The standard InChI is InChI=1S/C13H27O2/c1-7-9-12(3,4)14-11-15-13(5,6)10-8-2/h11H,7-10H2,1-6H3. The first kappa shape index (κ1) is 14.9. The molecule has 0 atom stereocenters. The lowest BCUT2D eigenvalue weighted by Gasteiger charge is -2.28. The lowest BCUT2D eigenvalue weighted by atomic mass is 10.0. The zero-order valence-electron chi connectivity index (χ0n) is 11.2. The molecule has 0 unspecified atom stereocenters. The van der Waals surface area contributed by atoms with E-state index in [1.807, 2.05) is 0 Å². The van der Waals surface area contributed by atoms with Gasteiger partial charge in [0.2, 0.25) is 6.79 Å². The Bertz CT molecular complexity index is 144. The maximum Gasteiger partial charge on any atom is 0.210 e. The summed E-state index contributed by atoms with van der Waals surface area (Å²) in [6.07, 6.45) is 4.33. The quantitative estimate of drug-likeness (QED) is 0.601. The SMILES string of the molecule is CCCC(C)(C)O[CH]OC(C)(C)CCC. The van der Waals surface area contributed by atoms with Crippen LogP contribution in [-0.4, -0.2) is 11.2 Å². The third kappa shape index (κ3) is 7.80. The number of hydrogen-bond donors (Lipinski definition) is 0. The molecular weight excluding hydrogens is 188 g/mol. The zero-order chi connectivity index (χ0) is 11.9. The molecule has 91 valence electrons. The predicted molar refractivity (Wildman–Crippen MR) is 64.4 cm³/mol.